The molecule has 0 saturated heterocycles. The SMILES string of the molecule is Fc1cccc(C(Br)c2ccc3c(c2)CCO3)c1. The normalized spacial score (nSPS) is 15.0. The molecule has 1 nitrogen and oxygen atoms in total. The summed E-state index contributed by atoms with van der Waals surface area (Å²) >= 11 is 3.63. The molecule has 2 aromatic rings. The molecule has 1 aliphatic rings. The van der Waals surface area contributed by atoms with Crippen molar-refractivity contribution < 1.29 is 9.13 Å². The Bertz CT molecular complexity index is 582. The summed E-state index contributed by atoms with van der Waals surface area (Å²) in [6.07, 6.45) is 0.950. The number of ether oxygens (including phenoxy) is 1. The van der Waals surface area contributed by atoms with E-state index >= 15 is 0 Å². The number of alkyl halides is 1. The van der Waals surface area contributed by atoms with Crippen LogP contribution in [0.4, 0.5) is 4.39 Å². The third kappa shape index (κ3) is 2.15. The summed E-state index contributed by atoms with van der Waals surface area (Å²) in [7, 11) is 0. The van der Waals surface area contributed by atoms with Gasteiger partial charge in [-0.15, -0.1) is 0 Å². The van der Waals surface area contributed by atoms with Crippen LogP contribution in [0.3, 0.4) is 0 Å². The fraction of sp³-hybridized carbons (Fsp3) is 0.200. The molecule has 1 unspecified atom stereocenters. The predicted molar refractivity (Wildman–Crippen MR) is 72.8 cm³/mol. The lowest BCUT2D eigenvalue weighted by Gasteiger charge is -2.12. The van der Waals surface area contributed by atoms with Crippen LogP contribution in [-0.4, -0.2) is 6.61 Å². The maximum absolute atomic E-state index is 13.2. The predicted octanol–water partition coefficient (Wildman–Crippen LogP) is 4.24. The molecule has 18 heavy (non-hydrogen) atoms. The average Bonchev–Trinajstić information content (AvgIpc) is 2.85. The van der Waals surface area contributed by atoms with Gasteiger partial charge in [-0.25, -0.2) is 4.39 Å². The summed E-state index contributed by atoms with van der Waals surface area (Å²) in [5.41, 5.74) is 3.28. The second kappa shape index (κ2) is 4.73. The molecule has 1 atom stereocenters. The average molecular weight is 307 g/mol. The van der Waals surface area contributed by atoms with E-state index in [2.05, 4.69) is 22.0 Å². The van der Waals surface area contributed by atoms with E-state index in [0.29, 0.717) is 0 Å². The van der Waals surface area contributed by atoms with Crippen LogP contribution < -0.4 is 4.74 Å². The highest BCUT2D eigenvalue weighted by Crippen LogP contribution is 2.35. The highest BCUT2D eigenvalue weighted by molar-refractivity contribution is 9.09. The Kier molecular flexibility index (Phi) is 3.08. The lowest BCUT2D eigenvalue weighted by Crippen LogP contribution is -1.94. The van der Waals surface area contributed by atoms with Crippen molar-refractivity contribution in [3.05, 3.63) is 65.0 Å². The van der Waals surface area contributed by atoms with Gasteiger partial charge in [0.15, 0.2) is 0 Å². The monoisotopic (exact) mass is 306 g/mol. The number of fused-ring (bicyclic) bond motifs is 1. The second-order valence-electron chi connectivity index (χ2n) is 4.38. The van der Waals surface area contributed by atoms with Crippen LogP contribution in [0.1, 0.15) is 21.5 Å². The molecule has 0 spiro atoms. The van der Waals surface area contributed by atoms with Crippen LogP contribution in [0.5, 0.6) is 5.75 Å². The maximum Gasteiger partial charge on any atom is 0.123 e. The van der Waals surface area contributed by atoms with Crippen molar-refractivity contribution in [2.75, 3.05) is 6.61 Å². The smallest absolute Gasteiger partial charge is 0.123 e. The van der Waals surface area contributed by atoms with Gasteiger partial charge in [-0.05, 0) is 34.9 Å². The summed E-state index contributed by atoms with van der Waals surface area (Å²) in [6, 6.07) is 12.8. The Morgan fingerprint density at radius 3 is 2.78 bits per heavy atom. The Morgan fingerprint density at radius 2 is 1.94 bits per heavy atom. The van der Waals surface area contributed by atoms with Gasteiger partial charge in [-0.2, -0.15) is 0 Å². The number of halogens is 2. The fourth-order valence-corrected chi connectivity index (χ4v) is 2.79. The Morgan fingerprint density at radius 1 is 1.11 bits per heavy atom. The highest BCUT2D eigenvalue weighted by atomic mass is 79.9. The number of hydrogen-bond donors (Lipinski definition) is 0. The van der Waals surface area contributed by atoms with Crippen LogP contribution in [0.2, 0.25) is 0 Å². The summed E-state index contributed by atoms with van der Waals surface area (Å²) < 4.78 is 18.7. The van der Waals surface area contributed by atoms with E-state index in [4.69, 9.17) is 4.74 Å². The van der Waals surface area contributed by atoms with Gasteiger partial charge >= 0.3 is 0 Å². The zero-order valence-corrected chi connectivity index (χ0v) is 11.3. The third-order valence-corrected chi connectivity index (χ3v) is 4.20. The Balaban J connectivity index is 1.95. The molecule has 0 aromatic heterocycles. The van der Waals surface area contributed by atoms with Gasteiger partial charge in [0, 0.05) is 6.42 Å². The first kappa shape index (κ1) is 11.7. The molecule has 3 heteroatoms. The molecule has 3 rings (SSSR count). The van der Waals surface area contributed by atoms with Gasteiger partial charge in [0.2, 0.25) is 0 Å². The molecule has 1 aliphatic heterocycles. The standard InChI is InChI=1S/C15H12BrFO/c16-15(11-2-1-3-13(17)9-11)12-4-5-14-10(8-12)6-7-18-14/h1-5,8-9,15H,6-7H2. The molecular formula is C15H12BrFO. The minimum absolute atomic E-state index is 0.0131. The van der Waals surface area contributed by atoms with Crippen LogP contribution in [0.15, 0.2) is 42.5 Å². The van der Waals surface area contributed by atoms with Gasteiger partial charge in [0.05, 0.1) is 11.4 Å². The molecule has 0 amide bonds. The summed E-state index contributed by atoms with van der Waals surface area (Å²) in [6.45, 7) is 0.756. The van der Waals surface area contributed by atoms with Crippen molar-refractivity contribution in [3.8, 4) is 5.75 Å². The largest absolute Gasteiger partial charge is 0.493 e. The summed E-state index contributed by atoms with van der Waals surface area (Å²) in [4.78, 5) is 0.0131. The molecular weight excluding hydrogens is 295 g/mol. The topological polar surface area (TPSA) is 9.23 Å². The summed E-state index contributed by atoms with van der Waals surface area (Å²) in [5, 5.41) is 0. The third-order valence-electron chi connectivity index (χ3n) is 3.15. The van der Waals surface area contributed by atoms with E-state index in [0.717, 1.165) is 29.9 Å². The van der Waals surface area contributed by atoms with Crippen molar-refractivity contribution in [2.24, 2.45) is 0 Å². The van der Waals surface area contributed by atoms with Crippen molar-refractivity contribution in [1.82, 2.24) is 0 Å². The first-order valence-corrected chi connectivity index (χ1v) is 6.81. The minimum Gasteiger partial charge on any atom is -0.493 e. The van der Waals surface area contributed by atoms with Crippen LogP contribution >= 0.6 is 15.9 Å². The number of rotatable bonds is 2. The maximum atomic E-state index is 13.2. The zero-order chi connectivity index (χ0) is 12.5. The van der Waals surface area contributed by atoms with Crippen LogP contribution in [0.25, 0.3) is 0 Å². The Labute approximate surface area is 114 Å². The molecule has 1 heterocycles. The van der Waals surface area contributed by atoms with Gasteiger partial charge in [-0.1, -0.05) is 40.2 Å². The van der Waals surface area contributed by atoms with Crippen molar-refractivity contribution in [1.29, 1.82) is 0 Å². The van der Waals surface area contributed by atoms with Crippen LogP contribution in [0, 0.1) is 5.82 Å². The van der Waals surface area contributed by atoms with E-state index in [1.165, 1.54) is 11.6 Å². The first-order valence-electron chi connectivity index (χ1n) is 5.89. The molecule has 2 aromatic carbocycles. The van der Waals surface area contributed by atoms with Crippen molar-refractivity contribution in [2.45, 2.75) is 11.2 Å². The van der Waals surface area contributed by atoms with E-state index in [1.807, 2.05) is 18.2 Å². The molecule has 0 radical (unpaired) electrons. The molecule has 0 N–H and O–H groups in total. The fourth-order valence-electron chi connectivity index (χ4n) is 2.22. The molecule has 0 fully saturated rings. The lowest BCUT2D eigenvalue weighted by atomic mass is 10.0. The van der Waals surface area contributed by atoms with E-state index in [-0.39, 0.29) is 10.6 Å². The molecule has 0 saturated carbocycles. The van der Waals surface area contributed by atoms with Gasteiger partial charge in [0.25, 0.3) is 0 Å². The van der Waals surface area contributed by atoms with Gasteiger partial charge in [-0.3, -0.25) is 0 Å². The van der Waals surface area contributed by atoms with Crippen LogP contribution in [-0.2, 0) is 6.42 Å². The minimum atomic E-state index is -0.207. The molecule has 92 valence electrons. The quantitative estimate of drug-likeness (QED) is 0.754. The summed E-state index contributed by atoms with van der Waals surface area (Å²) in [5.74, 6) is 0.763. The van der Waals surface area contributed by atoms with Crippen molar-refractivity contribution >= 4 is 15.9 Å². The number of benzene rings is 2. The first-order chi connectivity index (χ1) is 8.74. The second-order valence-corrected chi connectivity index (χ2v) is 5.30. The van der Waals surface area contributed by atoms with Gasteiger partial charge in [0.1, 0.15) is 11.6 Å². The zero-order valence-electron chi connectivity index (χ0n) is 9.70. The van der Waals surface area contributed by atoms with E-state index in [9.17, 15) is 4.39 Å². The highest BCUT2D eigenvalue weighted by Gasteiger charge is 2.16. The Hall–Kier alpha value is -1.35. The van der Waals surface area contributed by atoms with Crippen molar-refractivity contribution in [3.63, 3.8) is 0 Å². The molecule has 0 bridgehead atoms. The van der Waals surface area contributed by atoms with E-state index < -0.39 is 0 Å². The lowest BCUT2D eigenvalue weighted by molar-refractivity contribution is 0.357. The number of hydrogen-bond acceptors (Lipinski definition) is 1. The van der Waals surface area contributed by atoms with E-state index in [1.54, 1.807) is 12.1 Å². The van der Waals surface area contributed by atoms with Gasteiger partial charge < -0.3 is 4.74 Å². The molecule has 0 aliphatic carbocycles.